The van der Waals surface area contributed by atoms with E-state index in [1.165, 1.54) is 60.7 Å². The van der Waals surface area contributed by atoms with Crippen molar-refractivity contribution in [3.8, 4) is 17.2 Å². The number of hydrogen-bond acceptors (Lipinski definition) is 8. The fourth-order valence-corrected chi connectivity index (χ4v) is 3.27. The molecule has 0 saturated carbocycles. The monoisotopic (exact) mass is 517 g/mol. The number of aliphatic hydroxyl groups excluding tert-OH is 2. The van der Waals surface area contributed by atoms with Crippen LogP contribution in [0, 0.1) is 5.92 Å². The number of benzene rings is 3. The van der Waals surface area contributed by atoms with Crippen molar-refractivity contribution in [2.75, 3.05) is 18.5 Å². The van der Waals surface area contributed by atoms with Crippen molar-refractivity contribution in [3.05, 3.63) is 96.1 Å². The highest BCUT2D eigenvalue weighted by Gasteiger charge is 2.31. The van der Waals surface area contributed by atoms with Crippen LogP contribution in [-0.4, -0.2) is 57.2 Å². The zero-order valence-electron chi connectivity index (χ0n) is 20.2. The van der Waals surface area contributed by atoms with Gasteiger partial charge in [0.1, 0.15) is 23.4 Å². The fraction of sp³-hybridized carbons (Fsp3) is 0.138. The third-order valence-electron chi connectivity index (χ3n) is 5.33. The number of rotatable bonds is 12. The number of ether oxygens (including phenoxy) is 1. The van der Waals surface area contributed by atoms with Crippen molar-refractivity contribution < 1.29 is 39.5 Å². The predicted octanol–water partition coefficient (Wildman–Crippen LogP) is 2.95. The van der Waals surface area contributed by atoms with E-state index in [1.807, 2.05) is 0 Å². The highest BCUT2D eigenvalue weighted by atomic mass is 16.5. The summed E-state index contributed by atoms with van der Waals surface area (Å²) in [5.41, 5.74) is 1.46. The summed E-state index contributed by atoms with van der Waals surface area (Å²) in [7, 11) is 0. The van der Waals surface area contributed by atoms with Gasteiger partial charge in [-0.25, -0.2) is 0 Å². The molecular formula is C29H27NO8. The number of carbonyl (C=O) groups is 3. The lowest BCUT2D eigenvalue weighted by atomic mass is 9.95. The van der Waals surface area contributed by atoms with E-state index in [-0.39, 0.29) is 24.7 Å². The third kappa shape index (κ3) is 8.16. The molecule has 9 nitrogen and oxygen atoms in total. The molecule has 3 rings (SSSR count). The minimum absolute atomic E-state index is 0.0555. The molecule has 0 aliphatic heterocycles. The van der Waals surface area contributed by atoms with Crippen LogP contribution in [0.2, 0.25) is 0 Å². The molecule has 0 spiro atoms. The fourth-order valence-electron chi connectivity index (χ4n) is 3.27. The molecule has 196 valence electrons. The molecule has 9 heteroatoms. The summed E-state index contributed by atoms with van der Waals surface area (Å²) in [4.78, 5) is 39.1. The van der Waals surface area contributed by atoms with Crippen molar-refractivity contribution in [1.82, 2.24) is 0 Å². The molecule has 5 N–H and O–H groups in total. The Morgan fingerprint density at radius 1 is 0.711 bits per heavy atom. The molecule has 0 fully saturated rings. The number of nitrogens with one attached hydrogen (secondary N) is 1. The van der Waals surface area contributed by atoms with Crippen molar-refractivity contribution >= 4 is 35.3 Å². The Labute approximate surface area is 219 Å². The lowest BCUT2D eigenvalue weighted by Gasteiger charge is -2.15. The lowest BCUT2D eigenvalue weighted by Crippen LogP contribution is -2.34. The summed E-state index contributed by atoms with van der Waals surface area (Å²) < 4.78 is 5.39. The number of phenols is 2. The second kappa shape index (κ2) is 13.5. The first-order valence-corrected chi connectivity index (χ1v) is 11.6. The minimum Gasteiger partial charge on any atom is -0.508 e. The Balaban J connectivity index is 1.79. The van der Waals surface area contributed by atoms with Gasteiger partial charge in [0.15, 0.2) is 17.5 Å². The van der Waals surface area contributed by atoms with Crippen LogP contribution in [0.3, 0.4) is 0 Å². The Bertz CT molecular complexity index is 1220. The summed E-state index contributed by atoms with van der Waals surface area (Å²) in [6.07, 6.45) is 4.33. The van der Waals surface area contributed by atoms with E-state index in [0.29, 0.717) is 22.6 Å². The number of aliphatic hydroxyl groups is 2. The Hall–Kier alpha value is -4.73. The summed E-state index contributed by atoms with van der Waals surface area (Å²) in [6.45, 7) is -0.758. The number of carbonyl (C=O) groups excluding carboxylic acids is 3. The number of aromatic hydroxyl groups is 2. The number of phenolic OH excluding ortho intramolecular Hbond substituents is 2. The van der Waals surface area contributed by atoms with Crippen molar-refractivity contribution in [2.24, 2.45) is 5.92 Å². The van der Waals surface area contributed by atoms with Crippen LogP contribution in [-0.2, 0) is 14.4 Å². The topological polar surface area (TPSA) is 153 Å². The summed E-state index contributed by atoms with van der Waals surface area (Å²) in [6, 6.07) is 18.0. The smallest absolute Gasteiger partial charge is 0.243 e. The second-order valence-electron chi connectivity index (χ2n) is 8.21. The van der Waals surface area contributed by atoms with E-state index in [4.69, 9.17) is 14.9 Å². The average molecular weight is 518 g/mol. The van der Waals surface area contributed by atoms with Crippen molar-refractivity contribution in [2.45, 2.75) is 6.10 Å². The van der Waals surface area contributed by atoms with Crippen LogP contribution in [0.5, 0.6) is 17.2 Å². The number of allylic oxidation sites excluding steroid dienone is 2. The van der Waals surface area contributed by atoms with Crippen LogP contribution in [0.4, 0.5) is 5.69 Å². The zero-order valence-corrected chi connectivity index (χ0v) is 20.2. The molecule has 1 amide bonds. The van der Waals surface area contributed by atoms with Gasteiger partial charge in [-0.2, -0.15) is 0 Å². The number of hydrogen-bond donors (Lipinski definition) is 5. The van der Waals surface area contributed by atoms with Gasteiger partial charge in [0.25, 0.3) is 0 Å². The molecule has 0 atom stereocenters. The Kier molecular flexibility index (Phi) is 9.93. The SMILES string of the molecule is O=C(C=Cc1ccc(O)cc1)C(C(=O)C=Cc1ccc(O)cc1)C(=O)Nc1ccc(OC(CO)CO)cc1. The summed E-state index contributed by atoms with van der Waals surface area (Å²) >= 11 is 0. The molecule has 0 aromatic heterocycles. The molecule has 0 radical (unpaired) electrons. The molecule has 3 aromatic carbocycles. The van der Waals surface area contributed by atoms with Crippen LogP contribution in [0.1, 0.15) is 11.1 Å². The number of amides is 1. The number of ketones is 2. The van der Waals surface area contributed by atoms with Gasteiger partial charge in [-0.15, -0.1) is 0 Å². The van der Waals surface area contributed by atoms with E-state index >= 15 is 0 Å². The van der Waals surface area contributed by atoms with Crippen molar-refractivity contribution in [3.63, 3.8) is 0 Å². The maximum absolute atomic E-state index is 13.1. The minimum atomic E-state index is -1.68. The highest BCUT2D eigenvalue weighted by Crippen LogP contribution is 2.19. The zero-order chi connectivity index (χ0) is 27.5. The maximum atomic E-state index is 13.1. The van der Waals surface area contributed by atoms with Crippen molar-refractivity contribution in [1.29, 1.82) is 0 Å². The van der Waals surface area contributed by atoms with Gasteiger partial charge in [0.05, 0.1) is 13.2 Å². The standard InChI is InChI=1S/C29H27NO8/c31-17-25(18-32)38-24-13-7-21(8-14-24)30-29(37)28(26(35)15-5-19-1-9-22(33)10-2-19)27(36)16-6-20-3-11-23(34)12-4-20/h1-16,25,28,31-34H,17-18H2,(H,30,37). The molecule has 0 saturated heterocycles. The molecule has 0 aliphatic rings. The van der Waals surface area contributed by atoms with Gasteiger partial charge >= 0.3 is 0 Å². The molecule has 0 aliphatic carbocycles. The van der Waals surface area contributed by atoms with Gasteiger partial charge < -0.3 is 30.5 Å². The van der Waals surface area contributed by atoms with Gasteiger partial charge in [-0.1, -0.05) is 36.4 Å². The van der Waals surface area contributed by atoms with Gasteiger partial charge in [-0.3, -0.25) is 14.4 Å². The first-order chi connectivity index (χ1) is 18.3. The molecule has 38 heavy (non-hydrogen) atoms. The largest absolute Gasteiger partial charge is 0.508 e. The molecular weight excluding hydrogens is 490 g/mol. The van der Waals surface area contributed by atoms with Crippen LogP contribution in [0.25, 0.3) is 12.2 Å². The van der Waals surface area contributed by atoms with Gasteiger partial charge in [0.2, 0.25) is 5.91 Å². The maximum Gasteiger partial charge on any atom is 0.243 e. The van der Waals surface area contributed by atoms with Crippen LogP contribution >= 0.6 is 0 Å². The molecule has 0 heterocycles. The number of anilines is 1. The second-order valence-corrected chi connectivity index (χ2v) is 8.21. The average Bonchev–Trinajstić information content (AvgIpc) is 2.92. The molecule has 0 bridgehead atoms. The normalized spacial score (nSPS) is 12.1. The quantitative estimate of drug-likeness (QED) is 0.182. The van der Waals surface area contributed by atoms with E-state index in [1.54, 1.807) is 24.3 Å². The highest BCUT2D eigenvalue weighted by molar-refractivity contribution is 6.28. The lowest BCUT2D eigenvalue weighted by molar-refractivity contribution is -0.134. The third-order valence-corrected chi connectivity index (χ3v) is 5.33. The summed E-state index contributed by atoms with van der Waals surface area (Å²) in [5.74, 6) is -3.56. The molecule has 0 unspecified atom stereocenters. The summed E-state index contributed by atoms with van der Waals surface area (Å²) in [5, 5.41) is 39.7. The van der Waals surface area contributed by atoms with E-state index in [0.717, 1.165) is 12.2 Å². The van der Waals surface area contributed by atoms with Gasteiger partial charge in [-0.05, 0) is 71.8 Å². The van der Waals surface area contributed by atoms with Crippen LogP contribution < -0.4 is 10.1 Å². The van der Waals surface area contributed by atoms with E-state index in [2.05, 4.69) is 5.32 Å². The van der Waals surface area contributed by atoms with E-state index < -0.39 is 29.5 Å². The predicted molar refractivity (Wildman–Crippen MR) is 141 cm³/mol. The Morgan fingerprint density at radius 3 is 1.58 bits per heavy atom. The Morgan fingerprint density at radius 2 is 1.16 bits per heavy atom. The van der Waals surface area contributed by atoms with Gasteiger partial charge in [0, 0.05) is 5.69 Å². The first-order valence-electron chi connectivity index (χ1n) is 11.6. The first kappa shape index (κ1) is 27.9. The van der Waals surface area contributed by atoms with Crippen LogP contribution in [0.15, 0.2) is 84.9 Å². The molecule has 3 aromatic rings. The van der Waals surface area contributed by atoms with E-state index in [9.17, 15) is 24.6 Å².